The molecule has 102 valence electrons. The van der Waals surface area contributed by atoms with Gasteiger partial charge >= 0.3 is 0 Å². The summed E-state index contributed by atoms with van der Waals surface area (Å²) in [4.78, 5) is 3.96. The van der Waals surface area contributed by atoms with Gasteiger partial charge in [-0.1, -0.05) is 6.92 Å². The van der Waals surface area contributed by atoms with Crippen LogP contribution in [0.1, 0.15) is 31.2 Å². The van der Waals surface area contributed by atoms with Gasteiger partial charge in [-0.3, -0.25) is 4.90 Å². The lowest BCUT2D eigenvalue weighted by Crippen LogP contribution is -2.45. The summed E-state index contributed by atoms with van der Waals surface area (Å²) in [6, 6.07) is 4.89. The summed E-state index contributed by atoms with van der Waals surface area (Å²) in [5, 5.41) is 0.767. The van der Waals surface area contributed by atoms with Crippen molar-refractivity contribution in [3.8, 4) is 0 Å². The highest BCUT2D eigenvalue weighted by Crippen LogP contribution is 2.35. The smallest absolute Gasteiger partial charge is 0.0702 e. The van der Waals surface area contributed by atoms with E-state index in [-0.39, 0.29) is 6.04 Å². The third-order valence-corrected chi connectivity index (χ3v) is 6.47. The Labute approximate surface area is 126 Å². The monoisotopic (exact) mass is 348 g/mol. The maximum absolute atomic E-state index is 6.24. The molecule has 1 fully saturated rings. The highest BCUT2D eigenvalue weighted by Gasteiger charge is 2.29. The Morgan fingerprint density at radius 2 is 2.33 bits per heavy atom. The number of hydrogen-bond donors (Lipinski definition) is 1. The Morgan fingerprint density at radius 3 is 2.89 bits per heavy atom. The van der Waals surface area contributed by atoms with E-state index in [1.54, 1.807) is 0 Å². The van der Waals surface area contributed by atoms with E-state index in [0.717, 1.165) is 11.8 Å². The second-order valence-corrected chi connectivity index (χ2v) is 8.74. The van der Waals surface area contributed by atoms with E-state index < -0.39 is 0 Å². The molecule has 1 aromatic heterocycles. The van der Waals surface area contributed by atoms with E-state index in [2.05, 4.69) is 58.6 Å². The second-order valence-electron chi connectivity index (χ2n) is 4.84. The van der Waals surface area contributed by atoms with Crippen molar-refractivity contribution < 1.29 is 0 Å². The molecular weight excluding hydrogens is 328 g/mol. The number of thioether (sulfide) groups is 1. The van der Waals surface area contributed by atoms with Crippen LogP contribution in [0.5, 0.6) is 0 Å². The highest BCUT2D eigenvalue weighted by atomic mass is 79.9. The first-order chi connectivity index (χ1) is 8.61. The molecule has 0 bridgehead atoms. The Kier molecular flexibility index (Phi) is 5.57. The SMILES string of the molecule is CCC1CN(C(c2ccc(Br)s2)C(C)N)CCS1. The molecule has 2 heterocycles. The van der Waals surface area contributed by atoms with Crippen LogP contribution in [0.2, 0.25) is 0 Å². The number of nitrogens with two attached hydrogens (primary N) is 1. The lowest BCUT2D eigenvalue weighted by atomic mass is 10.1. The maximum Gasteiger partial charge on any atom is 0.0702 e. The topological polar surface area (TPSA) is 29.3 Å². The van der Waals surface area contributed by atoms with Gasteiger partial charge in [0.15, 0.2) is 0 Å². The molecule has 18 heavy (non-hydrogen) atoms. The summed E-state index contributed by atoms with van der Waals surface area (Å²) in [6.07, 6.45) is 1.25. The van der Waals surface area contributed by atoms with Crippen molar-refractivity contribution in [1.29, 1.82) is 0 Å². The van der Waals surface area contributed by atoms with Gasteiger partial charge in [-0.25, -0.2) is 0 Å². The minimum Gasteiger partial charge on any atom is -0.326 e. The third kappa shape index (κ3) is 3.51. The molecule has 2 nitrogen and oxygen atoms in total. The summed E-state index contributed by atoms with van der Waals surface area (Å²) >= 11 is 7.48. The normalized spacial score (nSPS) is 25.0. The van der Waals surface area contributed by atoms with Crippen LogP contribution in [0.15, 0.2) is 15.9 Å². The van der Waals surface area contributed by atoms with Crippen LogP contribution in [0, 0.1) is 0 Å². The number of nitrogens with zero attached hydrogens (tertiary/aromatic N) is 1. The van der Waals surface area contributed by atoms with Crippen LogP contribution in [-0.4, -0.2) is 35.0 Å². The molecule has 3 unspecified atom stereocenters. The summed E-state index contributed by atoms with van der Waals surface area (Å²) in [7, 11) is 0. The van der Waals surface area contributed by atoms with Crippen molar-refractivity contribution in [1.82, 2.24) is 4.90 Å². The molecule has 0 spiro atoms. The maximum atomic E-state index is 6.24. The molecular formula is C13H21BrN2S2. The van der Waals surface area contributed by atoms with Crippen LogP contribution >= 0.6 is 39.0 Å². The number of thiophene rings is 1. The second kappa shape index (κ2) is 6.75. The molecule has 1 aliphatic rings. The Morgan fingerprint density at radius 1 is 1.56 bits per heavy atom. The first kappa shape index (κ1) is 14.9. The van der Waals surface area contributed by atoms with E-state index in [1.165, 1.54) is 27.4 Å². The van der Waals surface area contributed by atoms with Gasteiger partial charge in [0, 0.05) is 35.0 Å². The largest absolute Gasteiger partial charge is 0.326 e. The van der Waals surface area contributed by atoms with Gasteiger partial charge in [0.2, 0.25) is 0 Å². The number of hydrogen-bond acceptors (Lipinski definition) is 4. The van der Waals surface area contributed by atoms with Gasteiger partial charge in [-0.15, -0.1) is 11.3 Å². The van der Waals surface area contributed by atoms with E-state index in [4.69, 9.17) is 5.73 Å². The van der Waals surface area contributed by atoms with Crippen LogP contribution in [0.3, 0.4) is 0 Å². The van der Waals surface area contributed by atoms with Gasteiger partial charge in [0.05, 0.1) is 9.83 Å². The standard InChI is InChI=1S/C13H21BrN2S2/c1-3-10-8-16(6-7-17-10)13(9(2)15)11-4-5-12(14)18-11/h4-5,9-10,13H,3,6-8,15H2,1-2H3. The zero-order valence-electron chi connectivity index (χ0n) is 10.9. The van der Waals surface area contributed by atoms with Gasteiger partial charge < -0.3 is 5.73 Å². The van der Waals surface area contributed by atoms with Crippen LogP contribution in [0.25, 0.3) is 0 Å². The lowest BCUT2D eigenvalue weighted by molar-refractivity contribution is 0.184. The molecule has 1 aromatic rings. The molecule has 1 aliphatic heterocycles. The van der Waals surface area contributed by atoms with Gasteiger partial charge in [-0.2, -0.15) is 11.8 Å². The predicted molar refractivity (Wildman–Crippen MR) is 86.5 cm³/mol. The van der Waals surface area contributed by atoms with Crippen LogP contribution in [-0.2, 0) is 0 Å². The summed E-state index contributed by atoms with van der Waals surface area (Å²) in [5.74, 6) is 1.23. The Bertz CT molecular complexity index is 381. The van der Waals surface area contributed by atoms with Gasteiger partial charge in [-0.05, 0) is 41.4 Å². The van der Waals surface area contributed by atoms with Crippen molar-refractivity contribution in [3.63, 3.8) is 0 Å². The zero-order chi connectivity index (χ0) is 13.1. The predicted octanol–water partition coefficient (Wildman–Crippen LogP) is 3.73. The molecule has 3 atom stereocenters. The van der Waals surface area contributed by atoms with Crippen molar-refractivity contribution in [2.24, 2.45) is 5.73 Å². The van der Waals surface area contributed by atoms with Crippen molar-refractivity contribution >= 4 is 39.0 Å². The average Bonchev–Trinajstić information content (AvgIpc) is 2.75. The molecule has 2 rings (SSSR count). The van der Waals surface area contributed by atoms with Crippen LogP contribution in [0.4, 0.5) is 0 Å². The molecule has 1 saturated heterocycles. The van der Waals surface area contributed by atoms with E-state index >= 15 is 0 Å². The molecule has 2 N–H and O–H groups in total. The first-order valence-electron chi connectivity index (χ1n) is 6.48. The molecule has 0 radical (unpaired) electrons. The lowest BCUT2D eigenvalue weighted by Gasteiger charge is -2.39. The van der Waals surface area contributed by atoms with Crippen molar-refractivity contribution in [2.75, 3.05) is 18.8 Å². The quantitative estimate of drug-likeness (QED) is 0.898. The minimum absolute atomic E-state index is 0.177. The van der Waals surface area contributed by atoms with E-state index in [9.17, 15) is 0 Å². The summed E-state index contributed by atoms with van der Waals surface area (Å²) in [6.45, 7) is 6.73. The molecule has 0 aromatic carbocycles. The first-order valence-corrected chi connectivity index (χ1v) is 9.14. The fraction of sp³-hybridized carbons (Fsp3) is 0.692. The van der Waals surface area contributed by atoms with Gasteiger partial charge in [0.25, 0.3) is 0 Å². The molecule has 0 aliphatic carbocycles. The molecule has 0 saturated carbocycles. The zero-order valence-corrected chi connectivity index (χ0v) is 14.2. The Balaban J connectivity index is 2.14. The Hall–Kier alpha value is 0.450. The fourth-order valence-electron chi connectivity index (χ4n) is 2.50. The van der Waals surface area contributed by atoms with Gasteiger partial charge in [0.1, 0.15) is 0 Å². The third-order valence-electron chi connectivity index (χ3n) is 3.40. The molecule has 0 amide bonds. The molecule has 5 heteroatoms. The highest BCUT2D eigenvalue weighted by molar-refractivity contribution is 9.11. The van der Waals surface area contributed by atoms with Crippen LogP contribution < -0.4 is 5.73 Å². The summed E-state index contributed by atoms with van der Waals surface area (Å²) in [5.41, 5.74) is 6.24. The number of halogens is 1. The summed E-state index contributed by atoms with van der Waals surface area (Å²) < 4.78 is 1.20. The average molecular weight is 349 g/mol. The van der Waals surface area contributed by atoms with E-state index in [1.807, 2.05) is 11.3 Å². The minimum atomic E-state index is 0.177. The van der Waals surface area contributed by atoms with E-state index in [0.29, 0.717) is 6.04 Å². The van der Waals surface area contributed by atoms with Crippen molar-refractivity contribution in [2.45, 2.75) is 37.6 Å². The van der Waals surface area contributed by atoms with Crippen molar-refractivity contribution in [3.05, 3.63) is 20.8 Å². The number of rotatable bonds is 4. The fourth-order valence-corrected chi connectivity index (χ4v) is 5.38.